The summed E-state index contributed by atoms with van der Waals surface area (Å²) >= 11 is 0. The molecule has 2 rings (SSSR count). The van der Waals surface area contributed by atoms with Crippen molar-refractivity contribution in [3.05, 3.63) is 18.2 Å². The van der Waals surface area contributed by atoms with Gasteiger partial charge in [0.25, 0.3) is 0 Å². The molecule has 0 fully saturated rings. The fourth-order valence-electron chi connectivity index (χ4n) is 1.46. The van der Waals surface area contributed by atoms with E-state index in [4.69, 9.17) is 9.88 Å². The van der Waals surface area contributed by atoms with Gasteiger partial charge < -0.3 is 10.1 Å². The molecule has 0 saturated carbocycles. The standard InChI is InChI=1S/C10H12N2O4S/c1-6-5-16-9-3-2-7(17(11,14)15)4-8(9)12-10(6)13/h2-4,6H,5H2,1H3,(H,12,13)(H2,11,14,15). The van der Waals surface area contributed by atoms with Crippen molar-refractivity contribution in [2.24, 2.45) is 11.1 Å². The fraction of sp³-hybridized carbons (Fsp3) is 0.300. The van der Waals surface area contributed by atoms with Crippen LogP contribution in [-0.2, 0) is 14.8 Å². The molecule has 0 aliphatic carbocycles. The number of benzene rings is 1. The first-order chi connectivity index (χ1) is 7.88. The van der Waals surface area contributed by atoms with Crippen LogP contribution in [0.5, 0.6) is 5.75 Å². The van der Waals surface area contributed by atoms with Crippen LogP contribution < -0.4 is 15.2 Å². The molecule has 1 aliphatic rings. The van der Waals surface area contributed by atoms with Crippen LogP contribution in [0.25, 0.3) is 0 Å². The molecule has 1 amide bonds. The molecule has 0 bridgehead atoms. The minimum atomic E-state index is -3.79. The third kappa shape index (κ3) is 2.40. The second-order valence-corrected chi connectivity index (χ2v) is 5.47. The first-order valence-corrected chi connectivity index (χ1v) is 6.53. The number of amides is 1. The third-order valence-electron chi connectivity index (χ3n) is 2.47. The van der Waals surface area contributed by atoms with Gasteiger partial charge in [0.2, 0.25) is 15.9 Å². The summed E-state index contributed by atoms with van der Waals surface area (Å²) in [6.07, 6.45) is 0. The zero-order valence-electron chi connectivity index (χ0n) is 9.14. The summed E-state index contributed by atoms with van der Waals surface area (Å²) in [5.74, 6) is -0.0641. The summed E-state index contributed by atoms with van der Waals surface area (Å²) in [5.41, 5.74) is 0.325. The Morgan fingerprint density at radius 2 is 2.18 bits per heavy atom. The van der Waals surface area contributed by atoms with E-state index in [9.17, 15) is 13.2 Å². The first kappa shape index (κ1) is 11.9. The van der Waals surface area contributed by atoms with E-state index in [0.29, 0.717) is 11.4 Å². The van der Waals surface area contributed by atoms with E-state index in [1.807, 2.05) is 0 Å². The Bertz CT molecular complexity index is 568. The van der Waals surface area contributed by atoms with Crippen LogP contribution in [0.3, 0.4) is 0 Å². The zero-order valence-corrected chi connectivity index (χ0v) is 9.95. The number of primary sulfonamides is 1. The molecule has 92 valence electrons. The number of ether oxygens (including phenoxy) is 1. The molecule has 1 aromatic carbocycles. The van der Waals surface area contributed by atoms with Gasteiger partial charge in [0.1, 0.15) is 5.75 Å². The van der Waals surface area contributed by atoms with Gasteiger partial charge in [0.15, 0.2) is 0 Å². The number of nitrogens with two attached hydrogens (primary N) is 1. The molecule has 1 atom stereocenters. The number of carbonyl (C=O) groups is 1. The maximum absolute atomic E-state index is 11.6. The van der Waals surface area contributed by atoms with Crippen LogP contribution in [0.15, 0.2) is 23.1 Å². The lowest BCUT2D eigenvalue weighted by Gasteiger charge is -2.07. The van der Waals surface area contributed by atoms with Crippen LogP contribution in [0, 0.1) is 5.92 Å². The molecule has 6 nitrogen and oxygen atoms in total. The van der Waals surface area contributed by atoms with Gasteiger partial charge in [-0.3, -0.25) is 4.79 Å². The van der Waals surface area contributed by atoms with Gasteiger partial charge >= 0.3 is 0 Å². The smallest absolute Gasteiger partial charge is 0.238 e. The molecule has 0 saturated heterocycles. The maximum atomic E-state index is 11.6. The lowest BCUT2D eigenvalue weighted by molar-refractivity contribution is -0.119. The van der Waals surface area contributed by atoms with E-state index in [-0.39, 0.29) is 23.3 Å². The summed E-state index contributed by atoms with van der Waals surface area (Å²) in [6.45, 7) is 1.98. The highest BCUT2D eigenvalue weighted by molar-refractivity contribution is 7.89. The number of fused-ring (bicyclic) bond motifs is 1. The molecule has 1 aliphatic heterocycles. The van der Waals surface area contributed by atoms with E-state index in [1.165, 1.54) is 18.2 Å². The van der Waals surface area contributed by atoms with Gasteiger partial charge in [-0.1, -0.05) is 6.92 Å². The van der Waals surface area contributed by atoms with E-state index in [1.54, 1.807) is 6.92 Å². The quantitative estimate of drug-likeness (QED) is 0.755. The molecule has 0 spiro atoms. The van der Waals surface area contributed by atoms with Gasteiger partial charge in [-0.25, -0.2) is 13.6 Å². The molecule has 3 N–H and O–H groups in total. The van der Waals surface area contributed by atoms with Gasteiger partial charge in [-0.15, -0.1) is 0 Å². The number of anilines is 1. The van der Waals surface area contributed by atoms with E-state index in [0.717, 1.165) is 0 Å². The van der Waals surface area contributed by atoms with Crippen molar-refractivity contribution in [2.75, 3.05) is 11.9 Å². The Morgan fingerprint density at radius 3 is 2.82 bits per heavy atom. The normalized spacial score (nSPS) is 19.9. The summed E-state index contributed by atoms with van der Waals surface area (Å²) < 4.78 is 27.7. The molecule has 7 heteroatoms. The largest absolute Gasteiger partial charge is 0.491 e. The molecular weight excluding hydrogens is 244 g/mol. The van der Waals surface area contributed by atoms with Crippen LogP contribution >= 0.6 is 0 Å². The lowest BCUT2D eigenvalue weighted by Crippen LogP contribution is -2.22. The average molecular weight is 256 g/mol. The van der Waals surface area contributed by atoms with Crippen molar-refractivity contribution in [1.29, 1.82) is 0 Å². The van der Waals surface area contributed by atoms with Crippen molar-refractivity contribution >= 4 is 21.6 Å². The minimum Gasteiger partial charge on any atom is -0.491 e. The van der Waals surface area contributed by atoms with Crippen molar-refractivity contribution < 1.29 is 17.9 Å². The van der Waals surface area contributed by atoms with Gasteiger partial charge in [0.05, 0.1) is 23.1 Å². The molecule has 17 heavy (non-hydrogen) atoms. The van der Waals surface area contributed by atoms with Crippen LogP contribution in [-0.4, -0.2) is 20.9 Å². The van der Waals surface area contributed by atoms with E-state index >= 15 is 0 Å². The number of sulfonamides is 1. The van der Waals surface area contributed by atoms with Crippen molar-refractivity contribution in [3.8, 4) is 5.75 Å². The maximum Gasteiger partial charge on any atom is 0.238 e. The van der Waals surface area contributed by atoms with Crippen LogP contribution in [0.1, 0.15) is 6.92 Å². The number of rotatable bonds is 1. The minimum absolute atomic E-state index is 0.0605. The van der Waals surface area contributed by atoms with Crippen molar-refractivity contribution in [1.82, 2.24) is 0 Å². The number of hydrogen-bond acceptors (Lipinski definition) is 4. The van der Waals surface area contributed by atoms with E-state index in [2.05, 4.69) is 5.32 Å². The van der Waals surface area contributed by atoms with Gasteiger partial charge in [-0.05, 0) is 18.2 Å². The molecular formula is C10H12N2O4S. The van der Waals surface area contributed by atoms with Crippen molar-refractivity contribution in [3.63, 3.8) is 0 Å². The SMILES string of the molecule is CC1COc2ccc(S(N)(=O)=O)cc2NC1=O. The Labute approximate surface area is 98.8 Å². The molecule has 1 heterocycles. The monoisotopic (exact) mass is 256 g/mol. The fourth-order valence-corrected chi connectivity index (χ4v) is 2.00. The molecule has 0 radical (unpaired) electrons. The Morgan fingerprint density at radius 1 is 1.47 bits per heavy atom. The number of carbonyl (C=O) groups excluding carboxylic acids is 1. The van der Waals surface area contributed by atoms with Gasteiger partial charge in [-0.2, -0.15) is 0 Å². The molecule has 1 aromatic rings. The Kier molecular flexibility index (Phi) is 2.80. The molecule has 1 unspecified atom stereocenters. The predicted molar refractivity (Wildman–Crippen MR) is 61.1 cm³/mol. The summed E-state index contributed by atoms with van der Waals surface area (Å²) in [6, 6.07) is 4.12. The molecule has 0 aromatic heterocycles. The third-order valence-corrected chi connectivity index (χ3v) is 3.38. The van der Waals surface area contributed by atoms with Gasteiger partial charge in [0, 0.05) is 0 Å². The highest BCUT2D eigenvalue weighted by atomic mass is 32.2. The van der Waals surface area contributed by atoms with Crippen LogP contribution in [0.2, 0.25) is 0 Å². The predicted octanol–water partition coefficient (Wildman–Crippen LogP) is 0.301. The second-order valence-electron chi connectivity index (χ2n) is 3.90. The summed E-state index contributed by atoms with van der Waals surface area (Å²) in [5, 5.41) is 7.61. The summed E-state index contributed by atoms with van der Waals surface area (Å²) in [7, 11) is -3.79. The van der Waals surface area contributed by atoms with Crippen LogP contribution in [0.4, 0.5) is 5.69 Å². The Balaban J connectivity index is 2.46. The first-order valence-electron chi connectivity index (χ1n) is 4.98. The Hall–Kier alpha value is -1.60. The average Bonchev–Trinajstić information content (AvgIpc) is 2.37. The summed E-state index contributed by atoms with van der Waals surface area (Å²) in [4.78, 5) is 11.5. The number of hydrogen-bond donors (Lipinski definition) is 2. The van der Waals surface area contributed by atoms with Crippen molar-refractivity contribution in [2.45, 2.75) is 11.8 Å². The lowest BCUT2D eigenvalue weighted by atomic mass is 10.2. The number of nitrogens with one attached hydrogen (secondary N) is 1. The van der Waals surface area contributed by atoms with E-state index < -0.39 is 10.0 Å². The highest BCUT2D eigenvalue weighted by Gasteiger charge is 2.22. The second kappa shape index (κ2) is 4.01. The zero-order chi connectivity index (χ0) is 12.6. The highest BCUT2D eigenvalue weighted by Crippen LogP contribution is 2.30. The topological polar surface area (TPSA) is 98.5 Å².